The van der Waals surface area contributed by atoms with E-state index in [0.717, 1.165) is 19.3 Å². The molecular formula is C22H29NaO5S. The second kappa shape index (κ2) is 13.3. The number of benzene rings is 2. The van der Waals surface area contributed by atoms with Gasteiger partial charge in [-0.05, 0) is 36.6 Å². The van der Waals surface area contributed by atoms with Gasteiger partial charge in [0.15, 0.2) is 0 Å². The summed E-state index contributed by atoms with van der Waals surface area (Å²) in [5, 5.41) is 12.3. The zero-order chi connectivity index (χ0) is 20.4. The molecule has 7 heteroatoms. The molecule has 29 heavy (non-hydrogen) atoms. The van der Waals surface area contributed by atoms with Crippen LogP contribution in [0.2, 0.25) is 0 Å². The monoisotopic (exact) mass is 428 g/mol. The van der Waals surface area contributed by atoms with E-state index in [1.54, 1.807) is 18.2 Å². The SMILES string of the molecule is CCCCCCCCCCc1c([O-])cccc1Oc1ccccc1S(=O)(=O)O.[Na+]. The summed E-state index contributed by atoms with van der Waals surface area (Å²) in [6.07, 6.45) is 9.93. The molecule has 2 rings (SSSR count). The average molecular weight is 429 g/mol. The Morgan fingerprint density at radius 1 is 0.862 bits per heavy atom. The minimum absolute atomic E-state index is 0. The Kier molecular flexibility index (Phi) is 11.9. The van der Waals surface area contributed by atoms with Crippen LogP contribution in [0.3, 0.4) is 0 Å². The third-order valence-corrected chi connectivity index (χ3v) is 5.61. The zero-order valence-corrected chi connectivity index (χ0v) is 20.2. The van der Waals surface area contributed by atoms with Crippen LogP contribution < -0.4 is 39.4 Å². The van der Waals surface area contributed by atoms with Gasteiger partial charge in [-0.25, -0.2) is 0 Å². The predicted molar refractivity (Wildman–Crippen MR) is 109 cm³/mol. The van der Waals surface area contributed by atoms with Gasteiger partial charge < -0.3 is 9.84 Å². The number of rotatable bonds is 12. The van der Waals surface area contributed by atoms with Gasteiger partial charge in [0.1, 0.15) is 16.4 Å². The summed E-state index contributed by atoms with van der Waals surface area (Å²) in [4.78, 5) is -0.315. The summed E-state index contributed by atoms with van der Waals surface area (Å²) in [6.45, 7) is 2.20. The summed E-state index contributed by atoms with van der Waals surface area (Å²) in [5.74, 6) is 0.226. The fourth-order valence-electron chi connectivity index (χ4n) is 3.19. The van der Waals surface area contributed by atoms with Crippen LogP contribution in [0.1, 0.15) is 63.9 Å². The second-order valence-corrected chi connectivity index (χ2v) is 8.37. The zero-order valence-electron chi connectivity index (χ0n) is 17.4. The van der Waals surface area contributed by atoms with Gasteiger partial charge in [0.25, 0.3) is 10.1 Å². The van der Waals surface area contributed by atoms with Gasteiger partial charge in [0.05, 0.1) is 0 Å². The van der Waals surface area contributed by atoms with Crippen molar-refractivity contribution in [3.63, 3.8) is 0 Å². The molecule has 154 valence electrons. The molecule has 2 aromatic carbocycles. The van der Waals surface area contributed by atoms with Gasteiger partial charge in [-0.2, -0.15) is 8.42 Å². The number of hydrogen-bond donors (Lipinski definition) is 1. The van der Waals surface area contributed by atoms with Crippen molar-refractivity contribution < 1.29 is 52.4 Å². The molecule has 5 nitrogen and oxygen atoms in total. The number of unbranched alkanes of at least 4 members (excludes halogenated alkanes) is 7. The van der Waals surface area contributed by atoms with Crippen LogP contribution in [0.5, 0.6) is 17.2 Å². The Labute approximate surface area is 196 Å². The predicted octanol–water partition coefficient (Wildman–Crippen LogP) is 2.49. The standard InChI is InChI=1S/C22H30O5S.Na/c1-2-3-4-5-6-7-8-9-13-18-19(23)14-12-16-20(18)27-21-15-10-11-17-22(21)28(24,25)26;/h10-12,14-17,23H,2-9,13H2,1H3,(H,24,25,26);/q;+1/p-1. The van der Waals surface area contributed by atoms with E-state index in [-0.39, 0.29) is 46.0 Å². The first-order chi connectivity index (χ1) is 13.4. The summed E-state index contributed by atoms with van der Waals surface area (Å²) in [7, 11) is -4.41. The first-order valence-electron chi connectivity index (χ1n) is 9.96. The van der Waals surface area contributed by atoms with Crippen molar-refractivity contribution in [2.45, 2.75) is 69.6 Å². The van der Waals surface area contributed by atoms with Crippen molar-refractivity contribution in [2.24, 2.45) is 0 Å². The maximum atomic E-state index is 12.3. The second-order valence-electron chi connectivity index (χ2n) is 6.98. The van der Waals surface area contributed by atoms with Crippen LogP contribution in [-0.2, 0) is 16.5 Å². The van der Waals surface area contributed by atoms with Gasteiger partial charge in [-0.3, -0.25) is 4.55 Å². The first kappa shape index (κ1) is 26.0. The molecule has 0 aliphatic rings. The summed E-state index contributed by atoms with van der Waals surface area (Å²) >= 11 is 0. The van der Waals surface area contributed by atoms with Crippen LogP contribution in [0.4, 0.5) is 0 Å². The number of hydrogen-bond acceptors (Lipinski definition) is 4. The van der Waals surface area contributed by atoms with E-state index >= 15 is 0 Å². The molecule has 2 aromatic rings. The Balaban J connectivity index is 0.00000420. The van der Waals surface area contributed by atoms with Crippen molar-refractivity contribution in [2.75, 3.05) is 0 Å². The van der Waals surface area contributed by atoms with Crippen molar-refractivity contribution in [3.05, 3.63) is 48.0 Å². The molecule has 0 atom stereocenters. The molecule has 0 heterocycles. The van der Waals surface area contributed by atoms with E-state index in [0.29, 0.717) is 17.7 Å². The van der Waals surface area contributed by atoms with Crippen molar-refractivity contribution in [1.29, 1.82) is 0 Å². The molecular weight excluding hydrogens is 399 g/mol. The average Bonchev–Trinajstić information content (AvgIpc) is 2.65. The summed E-state index contributed by atoms with van der Waals surface area (Å²) < 4.78 is 38.2. The normalized spacial score (nSPS) is 11.1. The maximum absolute atomic E-state index is 12.3. The summed E-state index contributed by atoms with van der Waals surface area (Å²) in [6, 6.07) is 10.6. The minimum atomic E-state index is -4.41. The number of ether oxygens (including phenoxy) is 1. The molecule has 0 spiro atoms. The fourth-order valence-corrected chi connectivity index (χ4v) is 3.80. The van der Waals surface area contributed by atoms with Gasteiger partial charge in [-0.1, -0.05) is 76.1 Å². The Morgan fingerprint density at radius 2 is 1.45 bits per heavy atom. The van der Waals surface area contributed by atoms with Crippen molar-refractivity contribution >= 4 is 10.1 Å². The molecule has 0 fully saturated rings. The molecule has 0 aliphatic heterocycles. The smallest absolute Gasteiger partial charge is 0.872 e. The fraction of sp³-hybridized carbons (Fsp3) is 0.455. The Bertz CT molecular complexity index is 852. The third-order valence-electron chi connectivity index (χ3n) is 4.72. The quantitative estimate of drug-likeness (QED) is 0.319. The molecule has 0 saturated heterocycles. The van der Waals surface area contributed by atoms with Crippen LogP contribution >= 0.6 is 0 Å². The van der Waals surface area contributed by atoms with E-state index in [2.05, 4.69) is 6.92 Å². The van der Waals surface area contributed by atoms with Crippen molar-refractivity contribution in [1.82, 2.24) is 0 Å². The van der Waals surface area contributed by atoms with E-state index in [9.17, 15) is 18.1 Å². The van der Waals surface area contributed by atoms with E-state index in [4.69, 9.17) is 4.74 Å². The van der Waals surface area contributed by atoms with E-state index in [1.165, 1.54) is 56.4 Å². The van der Waals surface area contributed by atoms with Crippen molar-refractivity contribution in [3.8, 4) is 17.2 Å². The van der Waals surface area contributed by atoms with Gasteiger partial charge in [0, 0.05) is 0 Å². The van der Waals surface area contributed by atoms with E-state index in [1.807, 2.05) is 0 Å². The molecule has 0 aromatic heterocycles. The van der Waals surface area contributed by atoms with Crippen LogP contribution in [0, 0.1) is 0 Å². The Hall–Kier alpha value is -1.05. The van der Waals surface area contributed by atoms with Gasteiger partial charge in [0.2, 0.25) is 0 Å². The summed E-state index contributed by atoms with van der Waals surface area (Å²) in [5.41, 5.74) is 0.540. The van der Waals surface area contributed by atoms with Crippen LogP contribution in [-0.4, -0.2) is 13.0 Å². The number of para-hydroxylation sites is 1. The van der Waals surface area contributed by atoms with E-state index < -0.39 is 10.1 Å². The topological polar surface area (TPSA) is 86.7 Å². The molecule has 0 radical (unpaired) electrons. The molecule has 0 amide bonds. The first-order valence-corrected chi connectivity index (χ1v) is 11.4. The molecule has 0 aliphatic carbocycles. The third kappa shape index (κ3) is 8.69. The van der Waals surface area contributed by atoms with Crippen LogP contribution in [0.25, 0.3) is 0 Å². The maximum Gasteiger partial charge on any atom is 1.00 e. The minimum Gasteiger partial charge on any atom is -0.872 e. The van der Waals surface area contributed by atoms with Gasteiger partial charge in [-0.15, -0.1) is 5.75 Å². The van der Waals surface area contributed by atoms with Gasteiger partial charge >= 0.3 is 29.6 Å². The largest absolute Gasteiger partial charge is 1.00 e. The Morgan fingerprint density at radius 3 is 2.10 bits per heavy atom. The molecule has 0 saturated carbocycles. The van der Waals surface area contributed by atoms with Crippen LogP contribution in [0.15, 0.2) is 47.4 Å². The molecule has 1 N–H and O–H groups in total. The molecule has 0 unspecified atom stereocenters. The molecule has 0 bridgehead atoms.